The van der Waals surface area contributed by atoms with E-state index in [0.717, 1.165) is 0 Å². The predicted molar refractivity (Wildman–Crippen MR) is 73.4 cm³/mol. The van der Waals surface area contributed by atoms with Crippen LogP contribution in [0.25, 0.3) is 0 Å². The highest BCUT2D eigenvalue weighted by atomic mass is 19.1. The fraction of sp³-hybridized carbons (Fsp3) is 0.133. The van der Waals surface area contributed by atoms with Gasteiger partial charge in [0.2, 0.25) is 0 Å². The second kappa shape index (κ2) is 5.79. The molecule has 0 aromatic heterocycles. The summed E-state index contributed by atoms with van der Waals surface area (Å²) in [6.07, 6.45) is 0. The molecular formula is C15H14F2N2O. The largest absolute Gasteiger partial charge is 0.326 e. The highest BCUT2D eigenvalue weighted by Gasteiger charge is 2.11. The number of nitrogens with one attached hydrogen (secondary N) is 1. The maximum absolute atomic E-state index is 13.7. The standard InChI is InChI=1S/C15H14F2N2O/c1-9-6-11(3-4-12(9)16)15(20)19-14-5-2-10(8-18)7-13(14)17/h2-7H,8,18H2,1H3,(H,19,20). The van der Waals surface area contributed by atoms with Gasteiger partial charge in [-0.2, -0.15) is 0 Å². The number of halogens is 2. The summed E-state index contributed by atoms with van der Waals surface area (Å²) < 4.78 is 26.9. The first-order chi connectivity index (χ1) is 9.51. The van der Waals surface area contributed by atoms with Crippen LogP contribution in [0.3, 0.4) is 0 Å². The van der Waals surface area contributed by atoms with Crippen molar-refractivity contribution in [3.05, 3.63) is 64.7 Å². The van der Waals surface area contributed by atoms with Gasteiger partial charge < -0.3 is 11.1 Å². The molecule has 3 N–H and O–H groups in total. The molecule has 2 aromatic rings. The second-order valence-electron chi connectivity index (χ2n) is 4.44. The smallest absolute Gasteiger partial charge is 0.255 e. The normalized spacial score (nSPS) is 10.4. The van der Waals surface area contributed by atoms with E-state index >= 15 is 0 Å². The number of carbonyl (C=O) groups excluding carboxylic acids is 1. The van der Waals surface area contributed by atoms with Gasteiger partial charge in [-0.15, -0.1) is 0 Å². The minimum atomic E-state index is -0.555. The third-order valence-electron chi connectivity index (χ3n) is 2.94. The van der Waals surface area contributed by atoms with E-state index in [-0.39, 0.29) is 23.6 Å². The molecule has 0 bridgehead atoms. The number of hydrogen-bond donors (Lipinski definition) is 2. The molecular weight excluding hydrogens is 262 g/mol. The molecule has 0 aliphatic heterocycles. The number of nitrogens with two attached hydrogens (primary N) is 1. The molecule has 0 aliphatic rings. The summed E-state index contributed by atoms with van der Waals surface area (Å²) in [5.41, 5.74) is 6.73. The fourth-order valence-electron chi connectivity index (χ4n) is 1.77. The van der Waals surface area contributed by atoms with Crippen LogP contribution in [-0.4, -0.2) is 5.91 Å². The predicted octanol–water partition coefficient (Wildman–Crippen LogP) is 2.98. The van der Waals surface area contributed by atoms with Crippen LogP contribution in [0.1, 0.15) is 21.5 Å². The third kappa shape index (κ3) is 3.00. The van der Waals surface area contributed by atoms with Crippen molar-refractivity contribution >= 4 is 11.6 Å². The van der Waals surface area contributed by atoms with Crippen molar-refractivity contribution in [2.24, 2.45) is 5.73 Å². The average Bonchev–Trinajstić information content (AvgIpc) is 2.43. The zero-order valence-electron chi connectivity index (χ0n) is 10.9. The van der Waals surface area contributed by atoms with E-state index in [2.05, 4.69) is 5.32 Å². The Labute approximate surface area is 115 Å². The average molecular weight is 276 g/mol. The van der Waals surface area contributed by atoms with E-state index in [1.165, 1.54) is 30.3 Å². The summed E-state index contributed by atoms with van der Waals surface area (Å²) in [4.78, 5) is 12.0. The Hall–Kier alpha value is -2.27. The van der Waals surface area contributed by atoms with E-state index in [1.54, 1.807) is 13.0 Å². The number of rotatable bonds is 3. The molecule has 1 amide bonds. The summed E-state index contributed by atoms with van der Waals surface area (Å²) in [6, 6.07) is 8.32. The lowest BCUT2D eigenvalue weighted by Gasteiger charge is -2.08. The SMILES string of the molecule is Cc1cc(C(=O)Nc2ccc(CN)cc2F)ccc1F. The van der Waals surface area contributed by atoms with E-state index in [4.69, 9.17) is 5.73 Å². The fourth-order valence-corrected chi connectivity index (χ4v) is 1.77. The van der Waals surface area contributed by atoms with Crippen molar-refractivity contribution in [3.8, 4) is 0 Å². The van der Waals surface area contributed by atoms with Crippen molar-refractivity contribution in [3.63, 3.8) is 0 Å². The number of anilines is 1. The lowest BCUT2D eigenvalue weighted by molar-refractivity contribution is 0.102. The molecule has 2 aromatic carbocycles. The van der Waals surface area contributed by atoms with E-state index in [0.29, 0.717) is 11.1 Å². The molecule has 2 rings (SSSR count). The highest BCUT2D eigenvalue weighted by Crippen LogP contribution is 2.17. The van der Waals surface area contributed by atoms with Gasteiger partial charge in [-0.3, -0.25) is 4.79 Å². The van der Waals surface area contributed by atoms with E-state index in [1.807, 2.05) is 0 Å². The molecule has 20 heavy (non-hydrogen) atoms. The summed E-state index contributed by atoms with van der Waals surface area (Å²) in [5, 5.41) is 2.45. The minimum absolute atomic E-state index is 0.0641. The van der Waals surface area contributed by atoms with Crippen LogP contribution in [0.2, 0.25) is 0 Å². The first-order valence-corrected chi connectivity index (χ1v) is 6.07. The topological polar surface area (TPSA) is 55.1 Å². The minimum Gasteiger partial charge on any atom is -0.326 e. The summed E-state index contributed by atoms with van der Waals surface area (Å²) in [5.74, 6) is -1.44. The van der Waals surface area contributed by atoms with Crippen molar-refractivity contribution in [1.29, 1.82) is 0 Å². The molecule has 0 saturated carbocycles. The van der Waals surface area contributed by atoms with Crippen LogP contribution in [0.5, 0.6) is 0 Å². The molecule has 0 unspecified atom stereocenters. The van der Waals surface area contributed by atoms with Gasteiger partial charge in [-0.1, -0.05) is 6.07 Å². The Morgan fingerprint density at radius 2 is 1.90 bits per heavy atom. The van der Waals surface area contributed by atoms with Crippen molar-refractivity contribution in [1.82, 2.24) is 0 Å². The van der Waals surface area contributed by atoms with Crippen LogP contribution in [0.4, 0.5) is 14.5 Å². The number of amides is 1. The lowest BCUT2D eigenvalue weighted by atomic mass is 10.1. The Morgan fingerprint density at radius 3 is 2.50 bits per heavy atom. The second-order valence-corrected chi connectivity index (χ2v) is 4.44. The quantitative estimate of drug-likeness (QED) is 0.905. The molecule has 0 radical (unpaired) electrons. The van der Waals surface area contributed by atoms with Gasteiger partial charge in [0.05, 0.1) is 5.69 Å². The molecule has 0 fully saturated rings. The van der Waals surface area contributed by atoms with E-state index < -0.39 is 11.7 Å². The van der Waals surface area contributed by atoms with Crippen LogP contribution in [0, 0.1) is 18.6 Å². The van der Waals surface area contributed by atoms with Crippen LogP contribution in [-0.2, 0) is 6.54 Å². The maximum Gasteiger partial charge on any atom is 0.255 e. The first-order valence-electron chi connectivity index (χ1n) is 6.07. The number of hydrogen-bond acceptors (Lipinski definition) is 2. The Kier molecular flexibility index (Phi) is 4.10. The molecule has 0 atom stereocenters. The van der Waals surface area contributed by atoms with Crippen molar-refractivity contribution < 1.29 is 13.6 Å². The number of carbonyl (C=O) groups is 1. The zero-order chi connectivity index (χ0) is 14.7. The van der Waals surface area contributed by atoms with Gasteiger partial charge >= 0.3 is 0 Å². The molecule has 104 valence electrons. The van der Waals surface area contributed by atoms with Crippen molar-refractivity contribution in [2.45, 2.75) is 13.5 Å². The van der Waals surface area contributed by atoms with Gasteiger partial charge in [0.15, 0.2) is 0 Å². The Balaban J connectivity index is 2.21. The molecule has 0 heterocycles. The summed E-state index contributed by atoms with van der Waals surface area (Å²) >= 11 is 0. The van der Waals surface area contributed by atoms with E-state index in [9.17, 15) is 13.6 Å². The monoisotopic (exact) mass is 276 g/mol. The van der Waals surface area contributed by atoms with Crippen molar-refractivity contribution in [2.75, 3.05) is 5.32 Å². The Bertz CT molecular complexity index is 656. The van der Waals surface area contributed by atoms with Gasteiger partial charge in [-0.05, 0) is 48.4 Å². The van der Waals surface area contributed by atoms with Gasteiger partial charge in [0.1, 0.15) is 11.6 Å². The Morgan fingerprint density at radius 1 is 1.15 bits per heavy atom. The lowest BCUT2D eigenvalue weighted by Crippen LogP contribution is -2.13. The number of benzene rings is 2. The molecule has 0 aliphatic carbocycles. The van der Waals surface area contributed by atoms with Gasteiger partial charge in [-0.25, -0.2) is 8.78 Å². The number of aryl methyl sites for hydroxylation is 1. The third-order valence-corrected chi connectivity index (χ3v) is 2.94. The first kappa shape index (κ1) is 14.1. The zero-order valence-corrected chi connectivity index (χ0v) is 10.9. The molecule has 5 heteroatoms. The molecule has 0 saturated heterocycles. The van der Waals surface area contributed by atoms with Gasteiger partial charge in [0.25, 0.3) is 5.91 Å². The maximum atomic E-state index is 13.7. The van der Waals surface area contributed by atoms with Gasteiger partial charge in [0, 0.05) is 12.1 Å². The van der Waals surface area contributed by atoms with Crippen LogP contribution < -0.4 is 11.1 Å². The van der Waals surface area contributed by atoms with Crippen LogP contribution >= 0.6 is 0 Å². The molecule has 0 spiro atoms. The highest BCUT2D eigenvalue weighted by molar-refractivity contribution is 6.04. The summed E-state index contributed by atoms with van der Waals surface area (Å²) in [6.45, 7) is 1.78. The van der Waals surface area contributed by atoms with Crippen LogP contribution in [0.15, 0.2) is 36.4 Å². The molecule has 3 nitrogen and oxygen atoms in total. The summed E-state index contributed by atoms with van der Waals surface area (Å²) in [7, 11) is 0.